The molecule has 28 heavy (non-hydrogen) atoms. The molecule has 2 aromatic rings. The Morgan fingerprint density at radius 2 is 1.79 bits per heavy atom. The van der Waals surface area contributed by atoms with Crippen molar-refractivity contribution in [2.75, 3.05) is 32.8 Å². The van der Waals surface area contributed by atoms with Crippen molar-refractivity contribution in [2.45, 2.75) is 12.8 Å². The molecule has 0 spiro atoms. The van der Waals surface area contributed by atoms with E-state index in [0.29, 0.717) is 6.61 Å². The molecular weight excluding hydrogens is 395 g/mol. The van der Waals surface area contributed by atoms with Crippen molar-refractivity contribution in [3.05, 3.63) is 64.7 Å². The molecule has 0 atom stereocenters. The van der Waals surface area contributed by atoms with E-state index in [1.54, 1.807) is 0 Å². The first kappa shape index (κ1) is 22.4. The predicted octanol–water partition coefficient (Wildman–Crippen LogP) is 4.41. The molecule has 1 heterocycles. The molecule has 6 heteroatoms. The van der Waals surface area contributed by atoms with Crippen molar-refractivity contribution in [1.82, 2.24) is 4.90 Å². The number of halogens is 2. The number of carbonyl (C=O) groups excluding carboxylic acids is 1. The number of nitrogens with two attached hydrogens (primary N) is 1. The fourth-order valence-corrected chi connectivity index (χ4v) is 3.44. The average Bonchev–Trinajstić information content (AvgIpc) is 2.68. The van der Waals surface area contributed by atoms with Crippen molar-refractivity contribution in [2.24, 2.45) is 5.73 Å². The number of rotatable bonds is 7. The molecule has 1 fully saturated rings. The number of likely N-dealkylation sites (tertiary alicyclic amines) is 1. The van der Waals surface area contributed by atoms with Gasteiger partial charge in [-0.25, -0.2) is 0 Å². The highest BCUT2D eigenvalue weighted by atomic mass is 35.5. The van der Waals surface area contributed by atoms with E-state index in [2.05, 4.69) is 47.4 Å². The summed E-state index contributed by atoms with van der Waals surface area (Å²) in [5.41, 5.74) is 10.2. The largest absolute Gasteiger partial charge is 0.370 e. The van der Waals surface area contributed by atoms with Gasteiger partial charge in [0.2, 0.25) is 5.91 Å². The Kier molecular flexibility index (Phi) is 9.00. The summed E-state index contributed by atoms with van der Waals surface area (Å²) < 4.78 is 5.25. The molecule has 0 bridgehead atoms. The second-order valence-electron chi connectivity index (χ2n) is 6.76. The number of hydrogen-bond acceptors (Lipinski definition) is 3. The van der Waals surface area contributed by atoms with Gasteiger partial charge in [0.1, 0.15) is 6.61 Å². The summed E-state index contributed by atoms with van der Waals surface area (Å²) in [6.07, 6.45) is 4.42. The smallest absolute Gasteiger partial charge is 0.243 e. The molecule has 4 nitrogen and oxygen atoms in total. The summed E-state index contributed by atoms with van der Waals surface area (Å²) in [4.78, 5) is 13.0. The molecule has 2 aromatic carbocycles. The Balaban J connectivity index is 0.00000280. The van der Waals surface area contributed by atoms with Crippen molar-refractivity contribution < 1.29 is 9.53 Å². The molecule has 0 aromatic heterocycles. The van der Waals surface area contributed by atoms with Crippen LogP contribution in [0.25, 0.3) is 17.2 Å². The minimum Gasteiger partial charge on any atom is -0.370 e. The van der Waals surface area contributed by atoms with Crippen LogP contribution in [0.5, 0.6) is 0 Å². The van der Waals surface area contributed by atoms with Gasteiger partial charge < -0.3 is 15.4 Å². The van der Waals surface area contributed by atoms with E-state index in [-0.39, 0.29) is 19.0 Å². The van der Waals surface area contributed by atoms with E-state index in [1.165, 1.54) is 22.3 Å². The molecule has 0 unspecified atom stereocenters. The highest BCUT2D eigenvalue weighted by molar-refractivity contribution is 6.30. The molecule has 1 saturated heterocycles. The van der Waals surface area contributed by atoms with Crippen LogP contribution in [0, 0.1) is 0 Å². The molecule has 150 valence electrons. The van der Waals surface area contributed by atoms with Crippen LogP contribution >= 0.6 is 24.0 Å². The lowest BCUT2D eigenvalue weighted by Crippen LogP contribution is -2.34. The summed E-state index contributed by atoms with van der Waals surface area (Å²) in [6.45, 7) is 3.40. The summed E-state index contributed by atoms with van der Waals surface area (Å²) >= 11 is 6.02. The third kappa shape index (κ3) is 6.64. The highest BCUT2D eigenvalue weighted by Gasteiger charge is 2.14. The van der Waals surface area contributed by atoms with Gasteiger partial charge in [-0.3, -0.25) is 4.79 Å². The number of hydrogen-bond donors (Lipinski definition) is 1. The van der Waals surface area contributed by atoms with E-state index < -0.39 is 5.91 Å². The fraction of sp³-hybridized carbons (Fsp3) is 0.318. The van der Waals surface area contributed by atoms with E-state index in [4.69, 9.17) is 22.1 Å². The molecule has 2 N–H and O–H groups in total. The zero-order valence-electron chi connectivity index (χ0n) is 15.8. The van der Waals surface area contributed by atoms with Gasteiger partial charge in [0, 0.05) is 24.7 Å². The second-order valence-corrected chi connectivity index (χ2v) is 7.19. The quantitative estimate of drug-likeness (QED) is 0.674. The first-order valence-corrected chi connectivity index (χ1v) is 9.62. The molecular formula is C22H26Cl2N2O2. The van der Waals surface area contributed by atoms with Crippen molar-refractivity contribution >= 4 is 36.0 Å². The Bertz CT molecular complexity index is 796. The summed E-state index contributed by atoms with van der Waals surface area (Å²) in [7, 11) is 0. The van der Waals surface area contributed by atoms with Crippen molar-refractivity contribution in [1.29, 1.82) is 0 Å². The SMILES string of the molecule is Cl.NC(=O)COCCN1CCC(=Cc2ccccc2-c2ccc(Cl)cc2)CC1. The van der Waals surface area contributed by atoms with Gasteiger partial charge in [0.15, 0.2) is 0 Å². The number of nitrogens with zero attached hydrogens (tertiary/aromatic N) is 1. The minimum atomic E-state index is -0.418. The van der Waals surface area contributed by atoms with Crippen LogP contribution in [-0.2, 0) is 9.53 Å². The van der Waals surface area contributed by atoms with Crippen molar-refractivity contribution in [3.63, 3.8) is 0 Å². The van der Waals surface area contributed by atoms with Crippen LogP contribution in [-0.4, -0.2) is 43.7 Å². The Labute approximate surface area is 177 Å². The average molecular weight is 421 g/mol. The molecule has 0 aliphatic carbocycles. The van der Waals surface area contributed by atoms with Crippen LogP contribution in [0.4, 0.5) is 0 Å². The van der Waals surface area contributed by atoms with Crippen LogP contribution in [0.15, 0.2) is 54.1 Å². The highest BCUT2D eigenvalue weighted by Crippen LogP contribution is 2.28. The van der Waals surface area contributed by atoms with Gasteiger partial charge in [-0.2, -0.15) is 0 Å². The lowest BCUT2D eigenvalue weighted by atomic mass is 9.95. The topological polar surface area (TPSA) is 55.6 Å². The second kappa shape index (κ2) is 11.2. The first-order valence-electron chi connectivity index (χ1n) is 9.24. The minimum absolute atomic E-state index is 0. The lowest BCUT2D eigenvalue weighted by Gasteiger charge is -2.28. The standard InChI is InChI=1S/C22H25ClN2O2.ClH/c23-20-7-5-18(6-8-20)21-4-2-1-3-19(21)15-17-9-11-25(12-10-17)13-14-27-16-22(24)26;/h1-8,15H,9-14,16H2,(H2,24,26);1H. The fourth-order valence-electron chi connectivity index (χ4n) is 3.31. The van der Waals surface area contributed by atoms with E-state index in [0.717, 1.165) is 37.5 Å². The van der Waals surface area contributed by atoms with Crippen LogP contribution < -0.4 is 5.73 Å². The lowest BCUT2D eigenvalue weighted by molar-refractivity contribution is -0.122. The summed E-state index contributed by atoms with van der Waals surface area (Å²) in [5.74, 6) is -0.418. The maximum Gasteiger partial charge on any atom is 0.243 e. The molecule has 0 saturated carbocycles. The van der Waals surface area contributed by atoms with E-state index in [9.17, 15) is 4.79 Å². The Hall–Kier alpha value is -1.85. The molecule has 3 rings (SSSR count). The van der Waals surface area contributed by atoms with E-state index >= 15 is 0 Å². The molecule has 1 aliphatic heterocycles. The number of piperidine rings is 1. The first-order chi connectivity index (χ1) is 13.1. The molecule has 0 radical (unpaired) electrons. The van der Waals surface area contributed by atoms with Crippen LogP contribution in [0.3, 0.4) is 0 Å². The molecule has 1 amide bonds. The summed E-state index contributed by atoms with van der Waals surface area (Å²) in [6, 6.07) is 16.5. The van der Waals surface area contributed by atoms with Crippen molar-refractivity contribution in [3.8, 4) is 11.1 Å². The van der Waals surface area contributed by atoms with Gasteiger partial charge >= 0.3 is 0 Å². The van der Waals surface area contributed by atoms with Gasteiger partial charge in [-0.15, -0.1) is 12.4 Å². The monoisotopic (exact) mass is 420 g/mol. The van der Waals surface area contributed by atoms with Crippen LogP contribution in [0.2, 0.25) is 5.02 Å². The van der Waals surface area contributed by atoms with Gasteiger partial charge in [0.05, 0.1) is 6.61 Å². The van der Waals surface area contributed by atoms with Crippen LogP contribution in [0.1, 0.15) is 18.4 Å². The molecule has 1 aliphatic rings. The number of carbonyl (C=O) groups is 1. The predicted molar refractivity (Wildman–Crippen MR) is 118 cm³/mol. The summed E-state index contributed by atoms with van der Waals surface area (Å²) in [5, 5.41) is 0.752. The normalized spacial score (nSPS) is 14.4. The number of primary amides is 1. The maximum absolute atomic E-state index is 10.7. The van der Waals surface area contributed by atoms with E-state index in [1.807, 2.05) is 12.1 Å². The Morgan fingerprint density at radius 3 is 2.46 bits per heavy atom. The third-order valence-electron chi connectivity index (χ3n) is 4.77. The zero-order chi connectivity index (χ0) is 19.1. The number of amides is 1. The van der Waals surface area contributed by atoms with Gasteiger partial charge in [-0.1, -0.05) is 59.6 Å². The number of benzene rings is 2. The van der Waals surface area contributed by atoms with Gasteiger partial charge in [0.25, 0.3) is 0 Å². The number of ether oxygens (including phenoxy) is 1. The zero-order valence-corrected chi connectivity index (χ0v) is 17.3. The Morgan fingerprint density at radius 1 is 1.11 bits per heavy atom. The van der Waals surface area contributed by atoms with Gasteiger partial charge in [-0.05, 0) is 41.7 Å². The maximum atomic E-state index is 10.7. The third-order valence-corrected chi connectivity index (χ3v) is 5.02.